The van der Waals surface area contributed by atoms with Crippen LogP contribution in [0.5, 0.6) is 5.75 Å². The first kappa shape index (κ1) is 15.6. The molecule has 0 aromatic heterocycles. The van der Waals surface area contributed by atoms with Gasteiger partial charge in [-0.25, -0.2) is 0 Å². The number of thiol groups is 1. The Balaban J connectivity index is 2.07. The van der Waals surface area contributed by atoms with Gasteiger partial charge in [0, 0.05) is 29.2 Å². The van der Waals surface area contributed by atoms with Crippen molar-refractivity contribution in [3.05, 3.63) is 32.8 Å². The topological polar surface area (TPSA) is 61.6 Å². The Morgan fingerprint density at radius 1 is 1.40 bits per heavy atom. The number of non-ortho nitro benzene ring substituents is 1. The van der Waals surface area contributed by atoms with Crippen molar-refractivity contribution in [1.82, 2.24) is 0 Å². The van der Waals surface area contributed by atoms with Crippen LogP contribution in [0.3, 0.4) is 0 Å². The number of nitro benzene ring substituents is 1. The normalized spacial score (nSPS) is 17.7. The Labute approximate surface area is 131 Å². The summed E-state index contributed by atoms with van der Waals surface area (Å²) >= 11 is 7.67. The zero-order valence-corrected chi connectivity index (χ0v) is 13.4. The van der Waals surface area contributed by atoms with Gasteiger partial charge in [-0.05, 0) is 24.7 Å². The summed E-state index contributed by atoms with van der Waals surface area (Å²) in [5, 5.41) is 10.8. The van der Waals surface area contributed by atoms with Crippen molar-refractivity contribution in [2.24, 2.45) is 5.41 Å². The van der Waals surface area contributed by atoms with Crippen molar-refractivity contribution in [3.8, 4) is 5.75 Å². The van der Waals surface area contributed by atoms with Crippen molar-refractivity contribution in [3.63, 3.8) is 0 Å². The number of hydrogen-bond acceptors (Lipinski definition) is 5. The second-order valence-electron chi connectivity index (χ2n) is 4.96. The summed E-state index contributed by atoms with van der Waals surface area (Å²) in [6, 6.07) is 4.63. The number of hydrogen-bond donors (Lipinski definition) is 1. The van der Waals surface area contributed by atoms with Gasteiger partial charge < -0.3 is 9.47 Å². The maximum absolute atomic E-state index is 10.8. The van der Waals surface area contributed by atoms with Gasteiger partial charge in [0.25, 0.3) is 5.69 Å². The van der Waals surface area contributed by atoms with E-state index in [9.17, 15) is 10.1 Å². The molecule has 0 unspecified atom stereocenters. The van der Waals surface area contributed by atoms with Crippen LogP contribution in [0.15, 0.2) is 22.7 Å². The molecule has 0 saturated carbocycles. The molecule has 1 heterocycles. The van der Waals surface area contributed by atoms with E-state index < -0.39 is 4.92 Å². The molecule has 0 aliphatic carbocycles. The highest BCUT2D eigenvalue weighted by Gasteiger charge is 2.32. The van der Waals surface area contributed by atoms with Gasteiger partial charge in [-0.1, -0.05) is 15.9 Å². The minimum Gasteiger partial charge on any atom is -0.493 e. The van der Waals surface area contributed by atoms with E-state index in [1.807, 2.05) is 0 Å². The van der Waals surface area contributed by atoms with Gasteiger partial charge in [-0.15, -0.1) is 0 Å². The molecular weight excluding hydrogens is 346 g/mol. The molecule has 20 heavy (non-hydrogen) atoms. The third-order valence-corrected chi connectivity index (χ3v) is 4.63. The first-order valence-electron chi connectivity index (χ1n) is 6.31. The fourth-order valence-electron chi connectivity index (χ4n) is 2.13. The number of benzene rings is 1. The van der Waals surface area contributed by atoms with E-state index in [4.69, 9.17) is 9.47 Å². The first-order valence-corrected chi connectivity index (χ1v) is 7.74. The average molecular weight is 362 g/mol. The predicted molar refractivity (Wildman–Crippen MR) is 82.6 cm³/mol. The molecule has 1 aromatic carbocycles. The molecule has 0 N–H and O–H groups in total. The van der Waals surface area contributed by atoms with Gasteiger partial charge in [0.15, 0.2) is 0 Å². The molecule has 1 aromatic rings. The summed E-state index contributed by atoms with van der Waals surface area (Å²) < 4.78 is 11.8. The van der Waals surface area contributed by atoms with E-state index in [1.54, 1.807) is 6.07 Å². The Bertz CT molecular complexity index is 491. The van der Waals surface area contributed by atoms with E-state index in [1.165, 1.54) is 12.1 Å². The zero-order valence-electron chi connectivity index (χ0n) is 10.9. The summed E-state index contributed by atoms with van der Waals surface area (Å²) in [5.74, 6) is 1.21. The Hall–Kier alpha value is -0.790. The molecule has 1 aliphatic heterocycles. The van der Waals surface area contributed by atoms with Crippen LogP contribution in [0.25, 0.3) is 0 Å². The van der Waals surface area contributed by atoms with Crippen LogP contribution in [0.1, 0.15) is 12.8 Å². The summed E-state index contributed by atoms with van der Waals surface area (Å²) in [5.41, 5.74) is -0.000348. The summed E-state index contributed by atoms with van der Waals surface area (Å²) in [6.07, 6.45) is 1.79. The monoisotopic (exact) mass is 361 g/mol. The number of nitrogens with zero attached hydrogens (tertiary/aromatic N) is 1. The van der Waals surface area contributed by atoms with Crippen molar-refractivity contribution >= 4 is 34.2 Å². The molecule has 0 amide bonds. The lowest BCUT2D eigenvalue weighted by Crippen LogP contribution is -2.36. The Morgan fingerprint density at radius 3 is 2.70 bits per heavy atom. The third-order valence-electron chi connectivity index (χ3n) is 3.50. The smallest absolute Gasteiger partial charge is 0.274 e. The number of ether oxygens (including phenoxy) is 2. The minimum atomic E-state index is -0.430. The fraction of sp³-hybridized carbons (Fsp3) is 0.538. The van der Waals surface area contributed by atoms with Crippen LogP contribution in [0.4, 0.5) is 5.69 Å². The molecule has 1 aliphatic rings. The zero-order chi connectivity index (χ0) is 14.6. The second-order valence-corrected chi connectivity index (χ2v) is 6.19. The molecule has 2 rings (SSSR count). The highest BCUT2D eigenvalue weighted by atomic mass is 79.9. The van der Waals surface area contributed by atoms with Crippen LogP contribution in [-0.2, 0) is 4.74 Å². The molecular formula is C13H16BrNO4S. The van der Waals surface area contributed by atoms with E-state index >= 15 is 0 Å². The van der Waals surface area contributed by atoms with Crippen molar-refractivity contribution < 1.29 is 14.4 Å². The first-order chi connectivity index (χ1) is 9.54. The van der Waals surface area contributed by atoms with Gasteiger partial charge in [-0.2, -0.15) is 12.6 Å². The van der Waals surface area contributed by atoms with Crippen LogP contribution >= 0.6 is 28.6 Å². The summed E-state index contributed by atoms with van der Waals surface area (Å²) in [4.78, 5) is 10.4. The lowest BCUT2D eigenvalue weighted by atomic mass is 9.83. The molecule has 0 bridgehead atoms. The molecule has 0 radical (unpaired) electrons. The molecule has 5 nitrogen and oxygen atoms in total. The maximum Gasteiger partial charge on any atom is 0.274 e. The SMILES string of the molecule is O=[N+]([O-])c1cc(Br)cc(OCC2(CS)CCOCC2)c1. The molecule has 1 fully saturated rings. The van der Waals surface area contributed by atoms with Crippen molar-refractivity contribution in [2.45, 2.75) is 12.8 Å². The van der Waals surface area contributed by atoms with E-state index in [2.05, 4.69) is 28.6 Å². The second kappa shape index (κ2) is 6.78. The average Bonchev–Trinajstić information content (AvgIpc) is 2.45. The highest BCUT2D eigenvalue weighted by Crippen LogP contribution is 2.34. The lowest BCUT2D eigenvalue weighted by Gasteiger charge is -2.35. The standard InChI is InChI=1S/C13H16BrNO4S/c14-10-5-11(15(16)17)7-12(6-10)19-8-13(9-20)1-3-18-4-2-13/h5-7,20H,1-4,8-9H2. The molecule has 110 valence electrons. The molecule has 1 saturated heterocycles. The van der Waals surface area contributed by atoms with Gasteiger partial charge in [0.1, 0.15) is 5.75 Å². The molecule has 0 atom stereocenters. The van der Waals surface area contributed by atoms with Crippen LogP contribution in [0, 0.1) is 15.5 Å². The quantitative estimate of drug-likeness (QED) is 0.495. The minimum absolute atomic E-state index is 0.0151. The predicted octanol–water partition coefficient (Wildman–Crippen LogP) is 3.46. The number of rotatable bonds is 5. The van der Waals surface area contributed by atoms with E-state index in [0.29, 0.717) is 35.8 Å². The largest absolute Gasteiger partial charge is 0.493 e. The van der Waals surface area contributed by atoms with Crippen molar-refractivity contribution in [2.75, 3.05) is 25.6 Å². The van der Waals surface area contributed by atoms with Crippen LogP contribution in [0.2, 0.25) is 0 Å². The van der Waals surface area contributed by atoms with E-state index in [-0.39, 0.29) is 11.1 Å². The number of nitro groups is 1. The van der Waals surface area contributed by atoms with Crippen LogP contribution < -0.4 is 4.74 Å². The van der Waals surface area contributed by atoms with Gasteiger partial charge in [-0.3, -0.25) is 10.1 Å². The van der Waals surface area contributed by atoms with E-state index in [0.717, 1.165) is 12.8 Å². The lowest BCUT2D eigenvalue weighted by molar-refractivity contribution is -0.385. The maximum atomic E-state index is 10.8. The third kappa shape index (κ3) is 3.86. The van der Waals surface area contributed by atoms with Gasteiger partial charge >= 0.3 is 0 Å². The number of halogens is 1. The van der Waals surface area contributed by atoms with Gasteiger partial charge in [0.2, 0.25) is 0 Å². The van der Waals surface area contributed by atoms with Crippen molar-refractivity contribution in [1.29, 1.82) is 0 Å². The molecule has 0 spiro atoms. The fourth-order valence-corrected chi connectivity index (χ4v) is 2.99. The van der Waals surface area contributed by atoms with Gasteiger partial charge in [0.05, 0.1) is 17.6 Å². The Morgan fingerprint density at radius 2 is 2.10 bits per heavy atom. The molecule has 7 heteroatoms. The summed E-state index contributed by atoms with van der Waals surface area (Å²) in [7, 11) is 0. The highest BCUT2D eigenvalue weighted by molar-refractivity contribution is 9.10. The Kier molecular flexibility index (Phi) is 5.29. The van der Waals surface area contributed by atoms with Crippen LogP contribution in [-0.4, -0.2) is 30.5 Å². The summed E-state index contributed by atoms with van der Waals surface area (Å²) in [6.45, 7) is 1.92.